The predicted octanol–water partition coefficient (Wildman–Crippen LogP) is 10.6. The normalized spacial score (nSPS) is 13.1. The molecule has 5 heteroatoms. The van der Waals surface area contributed by atoms with Crippen molar-refractivity contribution in [3.63, 3.8) is 0 Å². The van der Waals surface area contributed by atoms with Gasteiger partial charge >= 0.3 is 0 Å². The number of para-hydroxylation sites is 2. The lowest BCUT2D eigenvalue weighted by molar-refractivity contribution is 1.15. The van der Waals surface area contributed by atoms with Gasteiger partial charge in [0.15, 0.2) is 5.82 Å². The first kappa shape index (κ1) is 32.3. The lowest BCUT2D eigenvalue weighted by atomic mass is 10.0. The van der Waals surface area contributed by atoms with E-state index in [4.69, 9.17) is 9.97 Å². The van der Waals surface area contributed by atoms with Crippen molar-refractivity contribution in [1.82, 2.24) is 14.5 Å². The van der Waals surface area contributed by atoms with Crippen LogP contribution in [-0.2, 0) is 0 Å². The van der Waals surface area contributed by atoms with Gasteiger partial charge in [-0.3, -0.25) is 0 Å². The lowest BCUT2D eigenvalue weighted by Gasteiger charge is -2.30. The molecule has 0 radical (unpaired) electrons. The summed E-state index contributed by atoms with van der Waals surface area (Å²) in [7, 11) is -2.93. The van der Waals surface area contributed by atoms with E-state index in [1.54, 1.807) is 0 Å². The van der Waals surface area contributed by atoms with Gasteiger partial charge in [0.25, 0.3) is 0 Å². The van der Waals surface area contributed by atoms with Crippen molar-refractivity contribution in [3.8, 4) is 39.5 Å². The highest BCUT2D eigenvalue weighted by molar-refractivity contribution is 7.26. The highest BCUT2D eigenvalue weighted by atomic mass is 32.1. The van der Waals surface area contributed by atoms with E-state index < -0.39 is 8.07 Å². The van der Waals surface area contributed by atoms with E-state index in [1.165, 1.54) is 57.6 Å². The highest BCUT2D eigenvalue weighted by Gasteiger charge is 2.51. The molecular weight excluding hydrogens is 727 g/mol. The van der Waals surface area contributed by atoms with E-state index in [9.17, 15) is 0 Å². The maximum Gasteiger partial charge on any atom is 0.203 e. The zero-order chi connectivity index (χ0) is 37.5. The third-order valence-corrected chi connectivity index (χ3v) is 17.7. The molecule has 0 aliphatic carbocycles. The smallest absolute Gasteiger partial charge is 0.203 e. The van der Waals surface area contributed by atoms with Crippen LogP contribution in [0.3, 0.4) is 0 Å². The number of nitrogens with zero attached hydrogens (tertiary/aromatic N) is 3. The minimum atomic E-state index is -2.93. The number of aromatic nitrogens is 3. The Balaban J connectivity index is 1.20. The van der Waals surface area contributed by atoms with Crippen LogP contribution < -0.4 is 20.9 Å². The van der Waals surface area contributed by atoms with Crippen LogP contribution in [0.1, 0.15) is 0 Å². The topological polar surface area (TPSA) is 30.7 Å². The van der Waals surface area contributed by atoms with Gasteiger partial charge in [-0.1, -0.05) is 164 Å². The molecule has 4 heterocycles. The molecule has 3 aromatic heterocycles. The maximum atomic E-state index is 5.88. The second-order valence-electron chi connectivity index (χ2n) is 14.8. The van der Waals surface area contributed by atoms with Crippen molar-refractivity contribution in [3.05, 3.63) is 200 Å². The summed E-state index contributed by atoms with van der Waals surface area (Å²) >= 11 is 1.86. The quantitative estimate of drug-likeness (QED) is 0.164. The minimum Gasteiger partial charge on any atom is -0.308 e. The van der Waals surface area contributed by atoms with Crippen LogP contribution in [0.25, 0.3) is 81.4 Å². The van der Waals surface area contributed by atoms with Gasteiger partial charge in [-0.2, -0.15) is 0 Å². The average molecular weight is 760 g/mol. The van der Waals surface area contributed by atoms with Crippen molar-refractivity contribution >= 4 is 82.3 Å². The van der Waals surface area contributed by atoms with Gasteiger partial charge in [0.1, 0.15) is 0 Å². The Morgan fingerprint density at radius 1 is 0.439 bits per heavy atom. The SMILES string of the molecule is c1ccc(-c2nc(-c3ccccc3-n3c4ccccc4c4cc5c(cc43)sc3ccccc35)nc3c2-c2ccccc2[Si]3(c2ccccc2)c2ccccc2)cc1. The number of thiophene rings is 1. The van der Waals surface area contributed by atoms with Gasteiger partial charge in [-0.05, 0) is 57.5 Å². The first-order valence-electron chi connectivity index (χ1n) is 19.4. The summed E-state index contributed by atoms with van der Waals surface area (Å²) in [5.41, 5.74) is 8.81. The fraction of sp³-hybridized carbons (Fsp3) is 0. The molecule has 11 aromatic rings. The molecule has 0 unspecified atom stereocenters. The Hall–Kier alpha value is -6.92. The Labute approximate surface area is 334 Å². The Morgan fingerprint density at radius 3 is 1.82 bits per heavy atom. The van der Waals surface area contributed by atoms with Crippen LogP contribution in [0.4, 0.5) is 0 Å². The molecule has 266 valence electrons. The van der Waals surface area contributed by atoms with Gasteiger partial charge in [0, 0.05) is 47.6 Å². The molecule has 0 atom stereocenters. The zero-order valence-corrected chi connectivity index (χ0v) is 32.6. The first-order chi connectivity index (χ1) is 28.3. The van der Waals surface area contributed by atoms with E-state index in [0.717, 1.165) is 44.7 Å². The maximum absolute atomic E-state index is 5.88. The van der Waals surface area contributed by atoms with Gasteiger partial charge in [-0.15, -0.1) is 11.3 Å². The molecule has 0 spiro atoms. The molecule has 0 amide bonds. The average Bonchev–Trinajstić information content (AvgIpc) is 3.92. The van der Waals surface area contributed by atoms with Gasteiger partial charge in [0.2, 0.25) is 8.07 Å². The fourth-order valence-corrected chi connectivity index (χ4v) is 15.6. The molecule has 0 fully saturated rings. The summed E-state index contributed by atoms with van der Waals surface area (Å²) in [5.74, 6) is 0.730. The summed E-state index contributed by atoms with van der Waals surface area (Å²) < 4.78 is 5.03. The number of rotatable bonds is 5. The van der Waals surface area contributed by atoms with Crippen LogP contribution in [0.2, 0.25) is 0 Å². The van der Waals surface area contributed by atoms with Crippen LogP contribution in [-0.4, -0.2) is 22.6 Å². The molecular formula is C52H33N3SSi. The van der Waals surface area contributed by atoms with E-state index >= 15 is 0 Å². The van der Waals surface area contributed by atoms with Crippen LogP contribution >= 0.6 is 11.3 Å². The summed E-state index contributed by atoms with van der Waals surface area (Å²) in [5, 5.41) is 10.2. The summed E-state index contributed by atoms with van der Waals surface area (Å²) in [4.78, 5) is 11.5. The van der Waals surface area contributed by atoms with Gasteiger partial charge in [0.05, 0.1) is 27.7 Å². The van der Waals surface area contributed by atoms with Crippen molar-refractivity contribution in [2.75, 3.05) is 0 Å². The first-order valence-corrected chi connectivity index (χ1v) is 22.2. The fourth-order valence-electron chi connectivity index (χ4n) is 9.50. The lowest BCUT2D eigenvalue weighted by Crippen LogP contribution is -2.73. The molecule has 12 rings (SSSR count). The van der Waals surface area contributed by atoms with Crippen molar-refractivity contribution < 1.29 is 0 Å². The highest BCUT2D eigenvalue weighted by Crippen LogP contribution is 2.43. The van der Waals surface area contributed by atoms with Crippen molar-refractivity contribution in [1.29, 1.82) is 0 Å². The molecule has 57 heavy (non-hydrogen) atoms. The van der Waals surface area contributed by atoms with Crippen LogP contribution in [0.5, 0.6) is 0 Å². The molecule has 0 N–H and O–H groups in total. The second kappa shape index (κ2) is 12.5. The van der Waals surface area contributed by atoms with E-state index in [-0.39, 0.29) is 0 Å². The van der Waals surface area contributed by atoms with Crippen LogP contribution in [0, 0.1) is 0 Å². The third kappa shape index (κ3) is 4.64. The molecule has 1 aliphatic heterocycles. The molecule has 0 saturated heterocycles. The second-order valence-corrected chi connectivity index (χ2v) is 19.6. The predicted molar refractivity (Wildman–Crippen MR) is 243 cm³/mol. The van der Waals surface area contributed by atoms with Gasteiger partial charge in [-0.25, -0.2) is 9.97 Å². The number of fused-ring (bicyclic) bond motifs is 9. The largest absolute Gasteiger partial charge is 0.308 e. The van der Waals surface area contributed by atoms with E-state index in [1.807, 2.05) is 11.3 Å². The Bertz CT molecular complexity index is 3310. The minimum absolute atomic E-state index is 0.730. The van der Waals surface area contributed by atoms with Gasteiger partial charge < -0.3 is 4.57 Å². The molecule has 0 saturated carbocycles. The van der Waals surface area contributed by atoms with Crippen LogP contribution in [0.15, 0.2) is 200 Å². The van der Waals surface area contributed by atoms with E-state index in [0.29, 0.717) is 0 Å². The Kier molecular flexibility index (Phi) is 7.12. The number of benzene rings is 8. The molecule has 0 bridgehead atoms. The van der Waals surface area contributed by atoms with E-state index in [2.05, 4.69) is 205 Å². The van der Waals surface area contributed by atoms with Crippen molar-refractivity contribution in [2.24, 2.45) is 0 Å². The summed E-state index contributed by atoms with van der Waals surface area (Å²) in [6, 6.07) is 73.0. The molecule has 8 aromatic carbocycles. The monoisotopic (exact) mass is 759 g/mol. The number of hydrogen-bond acceptors (Lipinski definition) is 3. The molecule has 3 nitrogen and oxygen atoms in total. The molecule has 1 aliphatic rings. The standard InChI is InChI=1S/C52H33N3SSi/c1-4-18-34(19-5-1)50-49-40-27-13-17-31-48(40)57(35-20-6-2-7-21-35,36-22-8-3-9-23-36)52(49)54-51(53-50)39-26-11-15-29-44(39)55-43-28-14-10-24-37(43)41-32-42-38-25-12-16-30-46(38)56-47(42)33-45(41)55/h1-33H. The summed E-state index contributed by atoms with van der Waals surface area (Å²) in [6.45, 7) is 0. The summed E-state index contributed by atoms with van der Waals surface area (Å²) in [6.07, 6.45) is 0. The number of hydrogen-bond donors (Lipinski definition) is 0. The zero-order valence-electron chi connectivity index (χ0n) is 30.8. The van der Waals surface area contributed by atoms with Crippen molar-refractivity contribution in [2.45, 2.75) is 0 Å². The third-order valence-electron chi connectivity index (χ3n) is 11.9. The Morgan fingerprint density at radius 2 is 1.05 bits per heavy atom.